The van der Waals surface area contributed by atoms with Crippen LogP contribution in [0.5, 0.6) is 11.6 Å². The third kappa shape index (κ3) is 6.23. The van der Waals surface area contributed by atoms with E-state index in [1.165, 1.54) is 12.8 Å². The molecule has 186 valence electrons. The highest BCUT2D eigenvalue weighted by Gasteiger charge is 2.28. The molecule has 5 heteroatoms. The van der Waals surface area contributed by atoms with Crippen LogP contribution in [0.4, 0.5) is 0 Å². The lowest BCUT2D eigenvalue weighted by atomic mass is 10.1. The van der Waals surface area contributed by atoms with Gasteiger partial charge in [-0.2, -0.15) is 5.10 Å². The first kappa shape index (κ1) is 24.3. The molecule has 0 radical (unpaired) electrons. The van der Waals surface area contributed by atoms with E-state index in [4.69, 9.17) is 9.84 Å². The van der Waals surface area contributed by atoms with Crippen LogP contribution in [0.2, 0.25) is 0 Å². The maximum atomic E-state index is 11.0. The summed E-state index contributed by atoms with van der Waals surface area (Å²) in [6.07, 6.45) is 2.73. The molecule has 0 spiro atoms. The highest BCUT2D eigenvalue weighted by atomic mass is 16.5. The first-order valence-electron chi connectivity index (χ1n) is 12.9. The lowest BCUT2D eigenvalue weighted by Crippen LogP contribution is -2.35. The van der Waals surface area contributed by atoms with E-state index in [9.17, 15) is 5.11 Å². The van der Waals surface area contributed by atoms with Crippen molar-refractivity contribution in [1.29, 1.82) is 0 Å². The lowest BCUT2D eigenvalue weighted by molar-refractivity contribution is 0.105. The molecule has 1 heterocycles. The van der Waals surface area contributed by atoms with E-state index in [2.05, 4.69) is 42.2 Å². The Morgan fingerprint density at radius 2 is 1.72 bits per heavy atom. The standard InChI is InChI=1S/C31H35N3O2/c1-23-10-9-15-28(18-23)36-31-29(30(32-33(31)2)26-13-7-4-8-14-26)22-34(20-25-16-17-25)21-27(35)19-24-11-5-3-6-12-24/h3-15,18,25,27,35H,16-17,19-22H2,1-2H3/t27-/m1/s1. The number of ether oxygens (including phenoxy) is 1. The molecular weight excluding hydrogens is 446 g/mol. The normalized spacial score (nSPS) is 14.2. The molecule has 36 heavy (non-hydrogen) atoms. The number of hydrogen-bond donors (Lipinski definition) is 1. The zero-order valence-corrected chi connectivity index (χ0v) is 21.2. The third-order valence-corrected chi connectivity index (χ3v) is 6.72. The summed E-state index contributed by atoms with van der Waals surface area (Å²) in [5, 5.41) is 15.9. The van der Waals surface area contributed by atoms with Gasteiger partial charge in [0.05, 0.1) is 11.7 Å². The van der Waals surface area contributed by atoms with Crippen LogP contribution in [0, 0.1) is 12.8 Å². The van der Waals surface area contributed by atoms with Gasteiger partial charge >= 0.3 is 0 Å². The number of aromatic nitrogens is 2. The molecule has 5 nitrogen and oxygen atoms in total. The maximum absolute atomic E-state index is 11.0. The second-order valence-corrected chi connectivity index (χ2v) is 10.0. The monoisotopic (exact) mass is 481 g/mol. The number of hydrogen-bond acceptors (Lipinski definition) is 4. The Labute approximate surface area is 214 Å². The zero-order chi connectivity index (χ0) is 24.9. The van der Waals surface area contributed by atoms with Crippen LogP contribution in [0.25, 0.3) is 11.3 Å². The fourth-order valence-electron chi connectivity index (χ4n) is 4.78. The van der Waals surface area contributed by atoms with Crippen molar-refractivity contribution in [3.63, 3.8) is 0 Å². The van der Waals surface area contributed by atoms with Crippen LogP contribution in [0.3, 0.4) is 0 Å². The molecule has 1 fully saturated rings. The molecule has 1 aromatic heterocycles. The molecule has 1 N–H and O–H groups in total. The second-order valence-electron chi connectivity index (χ2n) is 10.0. The summed E-state index contributed by atoms with van der Waals surface area (Å²) < 4.78 is 8.30. The van der Waals surface area contributed by atoms with Crippen molar-refractivity contribution >= 4 is 0 Å². The fourth-order valence-corrected chi connectivity index (χ4v) is 4.78. The summed E-state index contributed by atoms with van der Waals surface area (Å²) in [7, 11) is 1.94. The summed E-state index contributed by atoms with van der Waals surface area (Å²) >= 11 is 0. The number of aliphatic hydroxyl groups is 1. The van der Waals surface area contributed by atoms with Gasteiger partial charge in [0.1, 0.15) is 11.4 Å². The van der Waals surface area contributed by atoms with Crippen molar-refractivity contribution in [1.82, 2.24) is 14.7 Å². The van der Waals surface area contributed by atoms with Gasteiger partial charge in [0, 0.05) is 32.2 Å². The van der Waals surface area contributed by atoms with E-state index in [0.29, 0.717) is 25.4 Å². The molecule has 4 aromatic rings. The maximum Gasteiger partial charge on any atom is 0.222 e. The molecule has 1 saturated carbocycles. The second kappa shape index (κ2) is 11.1. The molecular formula is C31H35N3O2. The smallest absolute Gasteiger partial charge is 0.222 e. The molecule has 1 aliphatic rings. The average molecular weight is 482 g/mol. The molecule has 1 aliphatic carbocycles. The minimum Gasteiger partial charge on any atom is -0.439 e. The molecule has 0 bridgehead atoms. The van der Waals surface area contributed by atoms with E-state index in [0.717, 1.165) is 46.1 Å². The number of aryl methyl sites for hydroxylation is 2. The molecule has 5 rings (SSSR count). The molecule has 0 amide bonds. The Hall–Kier alpha value is -3.41. The van der Waals surface area contributed by atoms with Gasteiger partial charge in [-0.25, -0.2) is 4.68 Å². The Morgan fingerprint density at radius 3 is 2.42 bits per heavy atom. The van der Waals surface area contributed by atoms with Gasteiger partial charge in [-0.05, 0) is 55.4 Å². The third-order valence-electron chi connectivity index (χ3n) is 6.72. The minimum absolute atomic E-state index is 0.441. The van der Waals surface area contributed by atoms with Gasteiger partial charge < -0.3 is 9.84 Å². The molecule has 0 aliphatic heterocycles. The summed E-state index contributed by atoms with van der Waals surface area (Å²) in [6, 6.07) is 28.6. The predicted molar refractivity (Wildman–Crippen MR) is 144 cm³/mol. The van der Waals surface area contributed by atoms with Crippen LogP contribution in [0.1, 0.15) is 29.5 Å². The topological polar surface area (TPSA) is 50.5 Å². The quantitative estimate of drug-likeness (QED) is 0.285. The van der Waals surface area contributed by atoms with Gasteiger partial charge in [0.2, 0.25) is 5.88 Å². The Bertz CT molecular complexity index is 1270. The Balaban J connectivity index is 1.45. The number of benzene rings is 3. The number of nitrogens with zero attached hydrogens (tertiary/aromatic N) is 3. The highest BCUT2D eigenvalue weighted by molar-refractivity contribution is 5.65. The van der Waals surface area contributed by atoms with E-state index < -0.39 is 6.10 Å². The van der Waals surface area contributed by atoms with Gasteiger partial charge in [-0.3, -0.25) is 4.90 Å². The van der Waals surface area contributed by atoms with Crippen LogP contribution < -0.4 is 4.74 Å². The molecule has 3 aromatic carbocycles. The van der Waals surface area contributed by atoms with Crippen molar-refractivity contribution in [3.05, 3.63) is 102 Å². The molecule has 1 atom stereocenters. The van der Waals surface area contributed by atoms with Crippen LogP contribution in [0.15, 0.2) is 84.9 Å². The van der Waals surface area contributed by atoms with Gasteiger partial charge in [-0.1, -0.05) is 72.8 Å². The first-order chi connectivity index (χ1) is 17.5. The predicted octanol–water partition coefficient (Wildman–Crippen LogP) is 6.00. The number of rotatable bonds is 11. The van der Waals surface area contributed by atoms with Gasteiger partial charge in [0.15, 0.2) is 0 Å². The van der Waals surface area contributed by atoms with E-state index in [1.54, 1.807) is 0 Å². The van der Waals surface area contributed by atoms with Crippen LogP contribution in [-0.4, -0.2) is 39.0 Å². The Morgan fingerprint density at radius 1 is 1.00 bits per heavy atom. The van der Waals surface area contributed by atoms with E-state index in [-0.39, 0.29) is 0 Å². The van der Waals surface area contributed by atoms with E-state index in [1.807, 2.05) is 66.3 Å². The lowest BCUT2D eigenvalue weighted by Gasteiger charge is -2.26. The summed E-state index contributed by atoms with van der Waals surface area (Å²) in [4.78, 5) is 2.39. The van der Waals surface area contributed by atoms with E-state index >= 15 is 0 Å². The molecule has 0 unspecified atom stereocenters. The first-order valence-corrected chi connectivity index (χ1v) is 12.9. The van der Waals surface area contributed by atoms with Gasteiger partial charge in [0.25, 0.3) is 0 Å². The highest BCUT2D eigenvalue weighted by Crippen LogP contribution is 2.36. The number of aliphatic hydroxyl groups excluding tert-OH is 1. The van der Waals surface area contributed by atoms with Crippen LogP contribution >= 0.6 is 0 Å². The largest absolute Gasteiger partial charge is 0.439 e. The average Bonchev–Trinajstić information content (AvgIpc) is 3.64. The zero-order valence-electron chi connectivity index (χ0n) is 21.2. The Kier molecular flexibility index (Phi) is 7.49. The summed E-state index contributed by atoms with van der Waals surface area (Å²) in [5.41, 5.74) is 5.36. The summed E-state index contributed by atoms with van der Waals surface area (Å²) in [5.74, 6) is 2.25. The summed E-state index contributed by atoms with van der Waals surface area (Å²) in [6.45, 7) is 4.32. The molecule has 0 saturated heterocycles. The fraction of sp³-hybridized carbons (Fsp3) is 0.323. The minimum atomic E-state index is -0.441. The van der Waals surface area contributed by atoms with Gasteiger partial charge in [-0.15, -0.1) is 0 Å². The van der Waals surface area contributed by atoms with Crippen molar-refractivity contribution < 1.29 is 9.84 Å². The van der Waals surface area contributed by atoms with Crippen molar-refractivity contribution in [2.24, 2.45) is 13.0 Å². The van der Waals surface area contributed by atoms with Crippen molar-refractivity contribution in [3.8, 4) is 22.9 Å². The van der Waals surface area contributed by atoms with Crippen molar-refractivity contribution in [2.45, 2.75) is 38.8 Å². The van der Waals surface area contributed by atoms with Crippen LogP contribution in [-0.2, 0) is 20.0 Å². The van der Waals surface area contributed by atoms with Crippen molar-refractivity contribution in [2.75, 3.05) is 13.1 Å². The SMILES string of the molecule is Cc1cccc(Oc2c(CN(CC3CC3)C[C@H](O)Cc3ccccc3)c(-c3ccccc3)nn2C)c1.